The van der Waals surface area contributed by atoms with Crippen molar-refractivity contribution in [3.05, 3.63) is 95.1 Å². The molecule has 4 aromatic rings. The quantitative estimate of drug-likeness (QED) is 0.234. The van der Waals surface area contributed by atoms with Crippen LogP contribution in [0.25, 0.3) is 33.4 Å². The summed E-state index contributed by atoms with van der Waals surface area (Å²) in [5.74, 6) is -2.43. The van der Waals surface area contributed by atoms with Crippen molar-refractivity contribution in [3.63, 3.8) is 0 Å². The molecule has 0 unspecified atom stereocenters. The summed E-state index contributed by atoms with van der Waals surface area (Å²) in [6, 6.07) is 12.8. The lowest BCUT2D eigenvalue weighted by Gasteiger charge is -2.29. The molecule has 204 valence electrons. The summed E-state index contributed by atoms with van der Waals surface area (Å²) in [4.78, 5) is 38.2. The Kier molecular flexibility index (Phi) is 7.21. The summed E-state index contributed by atoms with van der Waals surface area (Å²) in [5.41, 5.74) is 3.30. The number of carbonyl (C=O) groups excluding carboxylic acids is 3. The number of fused-ring (bicyclic) bond motifs is 1. The number of halogens is 2. The van der Waals surface area contributed by atoms with Crippen molar-refractivity contribution in [3.8, 4) is 22.5 Å². The van der Waals surface area contributed by atoms with Crippen molar-refractivity contribution in [1.29, 1.82) is 0 Å². The van der Waals surface area contributed by atoms with Gasteiger partial charge in [-0.15, -0.1) is 0 Å². The van der Waals surface area contributed by atoms with Gasteiger partial charge in [0.15, 0.2) is 0 Å². The van der Waals surface area contributed by atoms with E-state index in [1.807, 2.05) is 0 Å². The van der Waals surface area contributed by atoms with Gasteiger partial charge in [0.25, 0.3) is 11.8 Å². The predicted molar refractivity (Wildman–Crippen MR) is 146 cm³/mol. The standard InChI is InChI=1S/C31H26F2N2O5/c1-16-10-21(11-16)35-30(37)23-12-18(6-9-25(23)33)22-15-24-26(13-19(22)14-27(36)39-3)40-29(28(24)31(38)34-2)17-4-7-20(32)8-5-17/h4-9,12-13,15,21H,1,10-11,14H2,2-3H3,(H,34,38)(H,35,37). The first-order chi connectivity index (χ1) is 19.2. The van der Waals surface area contributed by atoms with Gasteiger partial charge in [-0.25, -0.2) is 8.78 Å². The van der Waals surface area contributed by atoms with Gasteiger partial charge < -0.3 is 19.8 Å². The number of furan rings is 1. The van der Waals surface area contributed by atoms with Crippen molar-refractivity contribution in [2.24, 2.45) is 0 Å². The van der Waals surface area contributed by atoms with E-state index in [1.165, 1.54) is 56.6 Å². The van der Waals surface area contributed by atoms with Crippen molar-refractivity contribution < 1.29 is 32.3 Å². The number of ether oxygens (including phenoxy) is 1. The fraction of sp³-hybridized carbons (Fsp3) is 0.194. The van der Waals surface area contributed by atoms with E-state index in [0.717, 1.165) is 5.57 Å². The van der Waals surface area contributed by atoms with Gasteiger partial charge in [0.1, 0.15) is 23.0 Å². The Hall–Kier alpha value is -4.79. The largest absolute Gasteiger partial charge is 0.469 e. The zero-order valence-corrected chi connectivity index (χ0v) is 21.9. The third-order valence-corrected chi connectivity index (χ3v) is 6.96. The fourth-order valence-electron chi connectivity index (χ4n) is 4.85. The molecule has 1 aliphatic rings. The highest BCUT2D eigenvalue weighted by molar-refractivity contribution is 6.12. The molecule has 5 rings (SSSR count). The van der Waals surface area contributed by atoms with Gasteiger partial charge in [-0.1, -0.05) is 18.2 Å². The zero-order chi connectivity index (χ0) is 28.6. The molecule has 2 amide bonds. The summed E-state index contributed by atoms with van der Waals surface area (Å²) in [6.45, 7) is 3.86. The van der Waals surface area contributed by atoms with Crippen LogP contribution in [0.2, 0.25) is 0 Å². The second-order valence-corrected chi connectivity index (χ2v) is 9.67. The Morgan fingerprint density at radius 1 is 1.00 bits per heavy atom. The number of hydrogen-bond acceptors (Lipinski definition) is 5. The van der Waals surface area contributed by atoms with Crippen LogP contribution >= 0.6 is 0 Å². The Bertz CT molecular complexity index is 1670. The minimum absolute atomic E-state index is 0.0970. The number of esters is 1. The highest BCUT2D eigenvalue weighted by Gasteiger charge is 2.27. The van der Waals surface area contributed by atoms with Crippen LogP contribution in [0.3, 0.4) is 0 Å². The van der Waals surface area contributed by atoms with Gasteiger partial charge in [-0.3, -0.25) is 14.4 Å². The predicted octanol–water partition coefficient (Wildman–Crippen LogP) is 5.57. The van der Waals surface area contributed by atoms with Crippen molar-refractivity contribution in [1.82, 2.24) is 10.6 Å². The molecular weight excluding hydrogens is 518 g/mol. The van der Waals surface area contributed by atoms with Crippen molar-refractivity contribution in [2.45, 2.75) is 25.3 Å². The number of amides is 2. The third kappa shape index (κ3) is 5.10. The Morgan fingerprint density at radius 3 is 2.35 bits per heavy atom. The first kappa shape index (κ1) is 26.8. The molecule has 3 aromatic carbocycles. The third-order valence-electron chi connectivity index (χ3n) is 6.96. The van der Waals surface area contributed by atoms with Gasteiger partial charge in [-0.2, -0.15) is 0 Å². The van der Waals surface area contributed by atoms with Crippen LogP contribution in [0.5, 0.6) is 0 Å². The van der Waals surface area contributed by atoms with Crippen LogP contribution < -0.4 is 10.6 Å². The van der Waals surface area contributed by atoms with E-state index in [2.05, 4.69) is 17.2 Å². The summed E-state index contributed by atoms with van der Waals surface area (Å²) in [5, 5.41) is 5.84. The van der Waals surface area contributed by atoms with Crippen LogP contribution in [0.1, 0.15) is 39.1 Å². The van der Waals surface area contributed by atoms with Crippen LogP contribution in [-0.4, -0.2) is 38.0 Å². The number of benzene rings is 3. The van der Waals surface area contributed by atoms with E-state index in [0.29, 0.717) is 46.1 Å². The number of carbonyl (C=O) groups is 3. The Labute approximate surface area is 228 Å². The SMILES string of the molecule is C=C1CC(NC(=O)c2cc(-c3cc4c(C(=O)NC)c(-c5ccc(F)cc5)oc4cc3CC(=O)OC)ccc2F)C1. The molecule has 0 aliphatic heterocycles. The lowest BCUT2D eigenvalue weighted by molar-refractivity contribution is -0.139. The molecule has 40 heavy (non-hydrogen) atoms. The average Bonchev–Trinajstić information content (AvgIpc) is 3.30. The lowest BCUT2D eigenvalue weighted by atomic mass is 9.87. The summed E-state index contributed by atoms with van der Waals surface area (Å²) in [7, 11) is 2.74. The van der Waals surface area contributed by atoms with Crippen LogP contribution in [0.15, 0.2) is 71.2 Å². The molecule has 2 N–H and O–H groups in total. The van der Waals surface area contributed by atoms with E-state index < -0.39 is 29.4 Å². The van der Waals surface area contributed by atoms with E-state index in [9.17, 15) is 23.2 Å². The number of methoxy groups -OCH3 is 1. The first-order valence-corrected chi connectivity index (χ1v) is 12.6. The normalized spacial score (nSPS) is 13.2. The monoisotopic (exact) mass is 544 g/mol. The molecule has 1 aromatic heterocycles. The highest BCUT2D eigenvalue weighted by Crippen LogP contribution is 2.38. The molecule has 1 heterocycles. The fourth-order valence-corrected chi connectivity index (χ4v) is 4.85. The van der Waals surface area contributed by atoms with Gasteiger partial charge in [0.2, 0.25) is 0 Å². The van der Waals surface area contributed by atoms with E-state index in [-0.39, 0.29) is 29.3 Å². The Balaban J connectivity index is 1.68. The molecular formula is C31H26F2N2O5. The average molecular weight is 545 g/mol. The van der Waals surface area contributed by atoms with Gasteiger partial charge in [0, 0.05) is 24.0 Å². The number of hydrogen-bond donors (Lipinski definition) is 2. The first-order valence-electron chi connectivity index (χ1n) is 12.6. The topological polar surface area (TPSA) is 97.6 Å². The summed E-state index contributed by atoms with van der Waals surface area (Å²) >= 11 is 0. The molecule has 0 atom stereocenters. The maximum Gasteiger partial charge on any atom is 0.310 e. The molecule has 1 saturated carbocycles. The van der Waals surface area contributed by atoms with Gasteiger partial charge in [0.05, 0.1) is 24.7 Å². The summed E-state index contributed by atoms with van der Waals surface area (Å²) in [6.07, 6.45) is 1.14. The smallest absolute Gasteiger partial charge is 0.310 e. The van der Waals surface area contributed by atoms with E-state index in [1.54, 1.807) is 12.1 Å². The lowest BCUT2D eigenvalue weighted by Crippen LogP contribution is -2.40. The van der Waals surface area contributed by atoms with Crippen molar-refractivity contribution >= 4 is 28.8 Å². The van der Waals surface area contributed by atoms with Crippen LogP contribution in [0.4, 0.5) is 8.78 Å². The number of nitrogens with one attached hydrogen (secondary N) is 2. The maximum atomic E-state index is 14.8. The number of rotatable bonds is 7. The molecule has 7 nitrogen and oxygen atoms in total. The van der Waals surface area contributed by atoms with Crippen molar-refractivity contribution in [2.75, 3.05) is 14.2 Å². The molecule has 0 radical (unpaired) electrons. The molecule has 1 aliphatic carbocycles. The second-order valence-electron chi connectivity index (χ2n) is 9.67. The zero-order valence-electron chi connectivity index (χ0n) is 21.9. The second kappa shape index (κ2) is 10.8. The maximum absolute atomic E-state index is 14.8. The van der Waals surface area contributed by atoms with Crippen LogP contribution in [-0.2, 0) is 16.0 Å². The van der Waals surface area contributed by atoms with Crippen LogP contribution in [0, 0.1) is 11.6 Å². The molecule has 1 fully saturated rings. The van der Waals surface area contributed by atoms with E-state index in [4.69, 9.17) is 9.15 Å². The minimum atomic E-state index is -0.692. The van der Waals surface area contributed by atoms with Gasteiger partial charge >= 0.3 is 5.97 Å². The molecule has 9 heteroatoms. The molecule has 0 spiro atoms. The molecule has 0 bridgehead atoms. The van der Waals surface area contributed by atoms with E-state index >= 15 is 0 Å². The molecule has 0 saturated heterocycles. The Morgan fingerprint density at radius 2 is 1.70 bits per heavy atom. The minimum Gasteiger partial charge on any atom is -0.469 e. The van der Waals surface area contributed by atoms with Gasteiger partial charge in [-0.05, 0) is 78.1 Å². The highest BCUT2D eigenvalue weighted by atomic mass is 19.1. The summed E-state index contributed by atoms with van der Waals surface area (Å²) < 4.78 is 39.3.